The molecule has 0 unspecified atom stereocenters. The molecule has 1 amide bonds. The molecule has 3 aliphatic heterocycles. The number of thioether (sulfide) groups is 1. The number of aromatic nitrogens is 1. The van der Waals surface area contributed by atoms with E-state index in [9.17, 15) is 13.2 Å². The van der Waals surface area contributed by atoms with E-state index >= 15 is 0 Å². The maximum atomic E-state index is 12.7. The first-order valence-corrected chi connectivity index (χ1v) is 13.4. The van der Waals surface area contributed by atoms with Crippen LogP contribution >= 0.6 is 11.8 Å². The number of benzene rings is 1. The molecule has 8 nitrogen and oxygen atoms in total. The highest BCUT2D eigenvalue weighted by molar-refractivity contribution is 8.15. The number of amidine groups is 1. The van der Waals surface area contributed by atoms with E-state index in [1.54, 1.807) is 6.20 Å². The fourth-order valence-electron chi connectivity index (χ4n) is 4.26. The third-order valence-electron chi connectivity index (χ3n) is 5.98. The summed E-state index contributed by atoms with van der Waals surface area (Å²) in [4.78, 5) is 25.8. The molecule has 5 rings (SSSR count). The summed E-state index contributed by atoms with van der Waals surface area (Å²) < 4.78 is 23.4. The van der Waals surface area contributed by atoms with Crippen LogP contribution in [0, 0.1) is 0 Å². The maximum Gasteiger partial charge on any atom is 0.227 e. The van der Waals surface area contributed by atoms with Gasteiger partial charge in [0.25, 0.3) is 0 Å². The third-order valence-corrected chi connectivity index (χ3v) is 9.13. The second kappa shape index (κ2) is 8.74. The summed E-state index contributed by atoms with van der Waals surface area (Å²) in [6.07, 6.45) is 2.17. The highest BCUT2D eigenvalue weighted by atomic mass is 32.2. The van der Waals surface area contributed by atoms with Gasteiger partial charge < -0.3 is 15.1 Å². The Kier molecular flexibility index (Phi) is 5.81. The monoisotopic (exact) mass is 471 g/mol. The summed E-state index contributed by atoms with van der Waals surface area (Å²) >= 11 is 1.50. The Morgan fingerprint density at radius 1 is 1.06 bits per heavy atom. The van der Waals surface area contributed by atoms with Gasteiger partial charge in [-0.15, -0.1) is 0 Å². The van der Waals surface area contributed by atoms with Crippen molar-refractivity contribution in [3.05, 3.63) is 54.2 Å². The number of sulfone groups is 1. The lowest BCUT2D eigenvalue weighted by Crippen LogP contribution is -2.49. The van der Waals surface area contributed by atoms with Gasteiger partial charge >= 0.3 is 0 Å². The molecule has 0 radical (unpaired) electrons. The lowest BCUT2D eigenvalue weighted by Gasteiger charge is -2.35. The number of nitrogens with zero attached hydrogens (tertiary/aromatic N) is 4. The smallest absolute Gasteiger partial charge is 0.227 e. The molecule has 2 atom stereocenters. The van der Waals surface area contributed by atoms with Crippen molar-refractivity contribution in [2.45, 2.75) is 17.7 Å². The number of anilines is 2. The Morgan fingerprint density at radius 2 is 1.84 bits per heavy atom. The normalized spacial score (nSPS) is 24.2. The molecule has 32 heavy (non-hydrogen) atoms. The molecule has 10 heteroatoms. The zero-order valence-electron chi connectivity index (χ0n) is 17.6. The zero-order valence-corrected chi connectivity index (χ0v) is 19.2. The molecule has 3 aliphatic rings. The quantitative estimate of drug-likeness (QED) is 0.725. The van der Waals surface area contributed by atoms with E-state index < -0.39 is 9.84 Å². The number of fused-ring (bicyclic) bond motifs is 1. The Bertz CT molecular complexity index is 1110. The molecule has 1 aromatic carbocycles. The first kappa shape index (κ1) is 21.3. The van der Waals surface area contributed by atoms with Crippen LogP contribution in [0.25, 0.3) is 0 Å². The molecular formula is C22H25N5O3S2. The molecule has 0 spiro atoms. The molecule has 4 heterocycles. The lowest BCUT2D eigenvalue weighted by atomic mass is 10.1. The predicted octanol–water partition coefficient (Wildman–Crippen LogP) is 1.65. The Labute approximate surface area is 192 Å². The van der Waals surface area contributed by atoms with Crippen LogP contribution in [0.15, 0.2) is 53.7 Å². The van der Waals surface area contributed by atoms with E-state index in [1.165, 1.54) is 11.8 Å². The molecule has 0 aliphatic carbocycles. The average Bonchev–Trinajstić information content (AvgIpc) is 3.28. The van der Waals surface area contributed by atoms with E-state index in [1.807, 2.05) is 47.4 Å². The van der Waals surface area contributed by atoms with Crippen molar-refractivity contribution in [3.8, 4) is 0 Å². The summed E-state index contributed by atoms with van der Waals surface area (Å²) in [6.45, 7) is 2.97. The fraction of sp³-hybridized carbons (Fsp3) is 0.409. The molecule has 2 saturated heterocycles. The number of piperazine rings is 1. The Hall–Kier alpha value is -2.59. The van der Waals surface area contributed by atoms with Gasteiger partial charge in [0.15, 0.2) is 15.0 Å². The minimum atomic E-state index is -2.94. The molecule has 0 saturated carbocycles. The Morgan fingerprint density at radius 3 is 2.53 bits per heavy atom. The van der Waals surface area contributed by atoms with Crippen LogP contribution in [0.2, 0.25) is 0 Å². The second-order valence-corrected chi connectivity index (χ2v) is 11.7. The molecule has 1 aromatic heterocycles. The van der Waals surface area contributed by atoms with Crippen molar-refractivity contribution in [1.82, 2.24) is 9.88 Å². The van der Waals surface area contributed by atoms with Gasteiger partial charge in [0.2, 0.25) is 5.91 Å². The van der Waals surface area contributed by atoms with Crippen LogP contribution in [-0.4, -0.2) is 78.4 Å². The van der Waals surface area contributed by atoms with E-state index in [0.717, 1.165) is 35.3 Å². The van der Waals surface area contributed by atoms with Crippen LogP contribution in [0.3, 0.4) is 0 Å². The van der Waals surface area contributed by atoms with Crippen LogP contribution < -0.4 is 10.2 Å². The topological polar surface area (TPSA) is 95.0 Å². The number of nitrogens with one attached hydrogen (secondary N) is 1. The SMILES string of the molecule is O=C(Cc1ccc(NC2=N[C@@H]3CS(=O)(=O)C[C@H]3S2)cc1)N1CCN(c2ccccn2)CC1. The second-order valence-electron chi connectivity index (χ2n) is 8.29. The van der Waals surface area contributed by atoms with Crippen molar-refractivity contribution in [2.24, 2.45) is 4.99 Å². The van der Waals surface area contributed by atoms with Crippen LogP contribution in [-0.2, 0) is 21.1 Å². The zero-order chi connectivity index (χ0) is 22.1. The number of rotatable bonds is 4. The number of carbonyl (C=O) groups excluding carboxylic acids is 1. The number of aliphatic imine (C=N–C) groups is 1. The van der Waals surface area contributed by atoms with Crippen molar-refractivity contribution < 1.29 is 13.2 Å². The summed E-state index contributed by atoms with van der Waals surface area (Å²) in [6, 6.07) is 13.5. The molecule has 0 bridgehead atoms. The largest absolute Gasteiger partial charge is 0.353 e. The molecule has 2 aromatic rings. The number of hydrogen-bond donors (Lipinski definition) is 1. The molecule has 168 valence electrons. The van der Waals surface area contributed by atoms with Crippen LogP contribution in [0.5, 0.6) is 0 Å². The van der Waals surface area contributed by atoms with Gasteiger partial charge in [0.1, 0.15) is 5.82 Å². The first-order valence-electron chi connectivity index (χ1n) is 10.7. The van der Waals surface area contributed by atoms with Gasteiger partial charge in [0, 0.05) is 43.3 Å². The summed E-state index contributed by atoms with van der Waals surface area (Å²) in [5.41, 5.74) is 1.86. The Balaban J connectivity index is 1.12. The van der Waals surface area contributed by atoms with Gasteiger partial charge in [0.05, 0.1) is 24.0 Å². The van der Waals surface area contributed by atoms with Crippen molar-refractivity contribution in [1.29, 1.82) is 0 Å². The summed E-state index contributed by atoms with van der Waals surface area (Å²) in [5.74, 6) is 1.44. The first-order chi connectivity index (χ1) is 15.4. The highest BCUT2D eigenvalue weighted by Gasteiger charge is 2.42. The van der Waals surface area contributed by atoms with Gasteiger partial charge in [-0.1, -0.05) is 30.0 Å². The lowest BCUT2D eigenvalue weighted by molar-refractivity contribution is -0.130. The number of amides is 1. The van der Waals surface area contributed by atoms with E-state index in [-0.39, 0.29) is 28.7 Å². The molecular weight excluding hydrogens is 446 g/mol. The van der Waals surface area contributed by atoms with E-state index in [0.29, 0.717) is 19.5 Å². The minimum absolute atomic E-state index is 0.0255. The third kappa shape index (κ3) is 4.75. The maximum absolute atomic E-state index is 12.7. The predicted molar refractivity (Wildman–Crippen MR) is 128 cm³/mol. The van der Waals surface area contributed by atoms with Crippen LogP contribution in [0.4, 0.5) is 11.5 Å². The van der Waals surface area contributed by atoms with Crippen molar-refractivity contribution >= 4 is 44.2 Å². The highest BCUT2D eigenvalue weighted by Crippen LogP contribution is 2.34. The molecule has 2 fully saturated rings. The van der Waals surface area contributed by atoms with Gasteiger partial charge in [-0.25, -0.2) is 13.4 Å². The summed E-state index contributed by atoms with van der Waals surface area (Å²) in [5, 5.41) is 4.07. The number of carbonyl (C=O) groups is 1. The van der Waals surface area contributed by atoms with Crippen molar-refractivity contribution in [2.75, 3.05) is 47.9 Å². The van der Waals surface area contributed by atoms with E-state index in [2.05, 4.69) is 20.2 Å². The summed E-state index contributed by atoms with van der Waals surface area (Å²) in [7, 11) is -2.94. The van der Waals surface area contributed by atoms with Gasteiger partial charge in [-0.2, -0.15) is 0 Å². The van der Waals surface area contributed by atoms with Gasteiger partial charge in [-0.3, -0.25) is 9.79 Å². The number of pyridine rings is 1. The van der Waals surface area contributed by atoms with E-state index in [4.69, 9.17) is 0 Å². The molecule has 1 N–H and O–H groups in total. The standard InChI is InChI=1S/C22H25N5O3S2/c28-21(27-11-9-26(10-12-27)20-3-1-2-8-23-20)13-16-4-6-17(7-5-16)24-22-25-18-14-32(29,30)15-19(18)31-22/h1-8,18-19H,9-15H2,(H,24,25)/t18-,19-/m1/s1. The minimum Gasteiger partial charge on any atom is -0.353 e. The fourth-order valence-corrected chi connectivity index (χ4v) is 7.93. The number of hydrogen-bond acceptors (Lipinski definition) is 8. The van der Waals surface area contributed by atoms with Crippen molar-refractivity contribution in [3.63, 3.8) is 0 Å². The van der Waals surface area contributed by atoms with Gasteiger partial charge in [-0.05, 0) is 29.8 Å². The average molecular weight is 472 g/mol. The van der Waals surface area contributed by atoms with Crippen LogP contribution in [0.1, 0.15) is 5.56 Å².